The van der Waals surface area contributed by atoms with E-state index in [9.17, 15) is 0 Å². The van der Waals surface area contributed by atoms with Crippen LogP contribution in [0.3, 0.4) is 0 Å². The molecule has 1 heterocycles. The minimum Gasteiger partial charge on any atom is -0.268 e. The van der Waals surface area contributed by atoms with Gasteiger partial charge in [-0.3, -0.25) is 4.68 Å². The molecule has 0 aliphatic heterocycles. The molecule has 0 fully saturated rings. The zero-order chi connectivity index (χ0) is 13.9. The first kappa shape index (κ1) is 13.6. The van der Waals surface area contributed by atoms with Crippen LogP contribution in [0.5, 0.6) is 0 Å². The van der Waals surface area contributed by atoms with Gasteiger partial charge in [0, 0.05) is 20.4 Å². The highest BCUT2D eigenvalue weighted by Crippen LogP contribution is 2.20. The van der Waals surface area contributed by atoms with Gasteiger partial charge in [-0.25, -0.2) is 0 Å². The quantitative estimate of drug-likeness (QED) is 0.580. The van der Waals surface area contributed by atoms with Gasteiger partial charge in [0.1, 0.15) is 0 Å². The van der Waals surface area contributed by atoms with Crippen molar-refractivity contribution in [2.24, 2.45) is 0 Å². The van der Waals surface area contributed by atoms with E-state index in [0.29, 0.717) is 0 Å². The Labute approximate surface area is 136 Å². The first-order valence-corrected chi connectivity index (χ1v) is 7.69. The molecule has 0 aliphatic rings. The summed E-state index contributed by atoms with van der Waals surface area (Å²) in [7, 11) is 0. The van der Waals surface area contributed by atoms with Crippen molar-refractivity contribution in [3.05, 3.63) is 75.1 Å². The predicted octanol–water partition coefficient (Wildman–Crippen LogP) is 4.86. The molecule has 0 atom stereocenters. The van der Waals surface area contributed by atoms with E-state index < -0.39 is 0 Å². The van der Waals surface area contributed by atoms with Crippen molar-refractivity contribution in [3.8, 4) is 11.1 Å². The number of halogens is 2. The molecular formula is C16H12ClIN2. The third kappa shape index (κ3) is 3.22. The van der Waals surface area contributed by atoms with Gasteiger partial charge >= 0.3 is 0 Å². The molecular weight excluding hydrogens is 383 g/mol. The zero-order valence-corrected chi connectivity index (χ0v) is 13.5. The van der Waals surface area contributed by atoms with E-state index in [0.717, 1.165) is 17.1 Å². The lowest BCUT2D eigenvalue weighted by molar-refractivity contribution is 0.687. The maximum absolute atomic E-state index is 5.89. The number of rotatable bonds is 3. The summed E-state index contributed by atoms with van der Waals surface area (Å²) in [5.74, 6) is 0. The summed E-state index contributed by atoms with van der Waals surface area (Å²) < 4.78 is 3.18. The topological polar surface area (TPSA) is 17.8 Å². The fourth-order valence-electron chi connectivity index (χ4n) is 2.02. The highest BCUT2D eigenvalue weighted by molar-refractivity contribution is 14.1. The second-order valence-corrected chi connectivity index (χ2v) is 6.24. The van der Waals surface area contributed by atoms with Crippen molar-refractivity contribution in [2.45, 2.75) is 6.54 Å². The Morgan fingerprint density at radius 3 is 2.35 bits per heavy atom. The molecule has 20 heavy (non-hydrogen) atoms. The number of nitrogens with zero attached hydrogens (tertiary/aromatic N) is 2. The third-order valence-electron chi connectivity index (χ3n) is 3.07. The highest BCUT2D eigenvalue weighted by Gasteiger charge is 2.02. The summed E-state index contributed by atoms with van der Waals surface area (Å²) >= 11 is 8.20. The molecule has 0 aliphatic carbocycles. The lowest BCUT2D eigenvalue weighted by Crippen LogP contribution is -1.99. The molecule has 4 heteroatoms. The predicted molar refractivity (Wildman–Crippen MR) is 90.9 cm³/mol. The fraction of sp³-hybridized carbons (Fsp3) is 0.0625. The highest BCUT2D eigenvalue weighted by atomic mass is 127. The van der Waals surface area contributed by atoms with Crippen LogP contribution in [0.2, 0.25) is 5.02 Å². The monoisotopic (exact) mass is 394 g/mol. The lowest BCUT2D eigenvalue weighted by Gasteiger charge is -2.02. The first-order valence-electron chi connectivity index (χ1n) is 6.23. The Balaban J connectivity index is 1.80. The Morgan fingerprint density at radius 1 is 0.950 bits per heavy atom. The molecule has 0 N–H and O–H groups in total. The maximum Gasteiger partial charge on any atom is 0.0659 e. The normalized spacial score (nSPS) is 10.7. The van der Waals surface area contributed by atoms with Crippen LogP contribution in [0, 0.1) is 3.57 Å². The third-order valence-corrected chi connectivity index (χ3v) is 4.04. The zero-order valence-electron chi connectivity index (χ0n) is 10.6. The second kappa shape index (κ2) is 5.97. The summed E-state index contributed by atoms with van der Waals surface area (Å²) in [5, 5.41) is 5.17. The number of aromatic nitrogens is 2. The van der Waals surface area contributed by atoms with Crippen LogP contribution in [0.25, 0.3) is 11.1 Å². The summed E-state index contributed by atoms with van der Waals surface area (Å²) in [6.45, 7) is 0.752. The van der Waals surface area contributed by atoms with Gasteiger partial charge in [-0.1, -0.05) is 35.9 Å². The van der Waals surface area contributed by atoms with Crippen LogP contribution in [-0.4, -0.2) is 9.78 Å². The van der Waals surface area contributed by atoms with Crippen molar-refractivity contribution in [3.63, 3.8) is 0 Å². The summed E-state index contributed by atoms with van der Waals surface area (Å²) in [4.78, 5) is 0. The van der Waals surface area contributed by atoms with Gasteiger partial charge in [-0.2, -0.15) is 5.10 Å². The number of hydrogen-bond acceptors (Lipinski definition) is 1. The fourth-order valence-corrected chi connectivity index (χ4v) is 2.50. The van der Waals surface area contributed by atoms with Crippen molar-refractivity contribution < 1.29 is 0 Å². The number of hydrogen-bond donors (Lipinski definition) is 0. The second-order valence-electron chi connectivity index (χ2n) is 4.56. The average molecular weight is 395 g/mol. The van der Waals surface area contributed by atoms with Gasteiger partial charge in [0.25, 0.3) is 0 Å². The molecule has 0 bridgehead atoms. The van der Waals surface area contributed by atoms with Gasteiger partial charge in [0.05, 0.1) is 12.7 Å². The largest absolute Gasteiger partial charge is 0.268 e. The SMILES string of the molecule is Clc1ccc(Cn2cc(-c3ccc(I)cc3)cn2)cc1. The first-order chi connectivity index (χ1) is 9.70. The van der Waals surface area contributed by atoms with Gasteiger partial charge in [0.15, 0.2) is 0 Å². The maximum atomic E-state index is 5.89. The molecule has 2 nitrogen and oxygen atoms in total. The Bertz CT molecular complexity index is 702. The summed E-state index contributed by atoms with van der Waals surface area (Å²) in [6, 6.07) is 16.3. The van der Waals surface area contributed by atoms with E-state index in [1.165, 1.54) is 14.7 Å². The Hall–Kier alpha value is -1.33. The standard InChI is InChI=1S/C16H12ClIN2/c17-15-5-1-12(2-6-15)10-20-11-14(9-19-20)13-3-7-16(18)8-4-13/h1-9,11H,10H2. The minimum absolute atomic E-state index is 0.752. The van der Waals surface area contributed by atoms with Crippen molar-refractivity contribution >= 4 is 34.2 Å². The molecule has 0 spiro atoms. The van der Waals surface area contributed by atoms with E-state index in [-0.39, 0.29) is 0 Å². The van der Waals surface area contributed by atoms with Gasteiger partial charge in [0.2, 0.25) is 0 Å². The lowest BCUT2D eigenvalue weighted by atomic mass is 10.1. The molecule has 1 aromatic heterocycles. The van der Waals surface area contributed by atoms with Gasteiger partial charge in [-0.15, -0.1) is 0 Å². The molecule has 0 radical (unpaired) electrons. The van der Waals surface area contributed by atoms with E-state index in [1.54, 1.807) is 0 Å². The van der Waals surface area contributed by atoms with Gasteiger partial charge < -0.3 is 0 Å². The van der Waals surface area contributed by atoms with E-state index in [1.807, 2.05) is 35.1 Å². The van der Waals surface area contributed by atoms with Crippen molar-refractivity contribution in [1.29, 1.82) is 0 Å². The molecule has 3 rings (SSSR count). The molecule has 0 amide bonds. The van der Waals surface area contributed by atoms with Crippen LogP contribution in [0.4, 0.5) is 0 Å². The van der Waals surface area contributed by atoms with Crippen molar-refractivity contribution in [2.75, 3.05) is 0 Å². The molecule has 100 valence electrons. The van der Waals surface area contributed by atoms with E-state index in [2.05, 4.69) is 58.2 Å². The average Bonchev–Trinajstić information content (AvgIpc) is 2.91. The molecule has 0 saturated carbocycles. The summed E-state index contributed by atoms with van der Waals surface area (Å²) in [5.41, 5.74) is 3.51. The smallest absolute Gasteiger partial charge is 0.0659 e. The van der Waals surface area contributed by atoms with E-state index in [4.69, 9.17) is 11.6 Å². The minimum atomic E-state index is 0.752. The van der Waals surface area contributed by atoms with Crippen LogP contribution >= 0.6 is 34.2 Å². The van der Waals surface area contributed by atoms with Crippen LogP contribution in [-0.2, 0) is 6.54 Å². The van der Waals surface area contributed by atoms with E-state index >= 15 is 0 Å². The Kier molecular flexibility index (Phi) is 4.08. The molecule has 0 saturated heterocycles. The molecule has 2 aromatic carbocycles. The van der Waals surface area contributed by atoms with Crippen LogP contribution in [0.15, 0.2) is 60.9 Å². The molecule has 3 aromatic rings. The van der Waals surface area contributed by atoms with Crippen LogP contribution < -0.4 is 0 Å². The van der Waals surface area contributed by atoms with Crippen LogP contribution in [0.1, 0.15) is 5.56 Å². The molecule has 0 unspecified atom stereocenters. The van der Waals surface area contributed by atoms with Crippen molar-refractivity contribution in [1.82, 2.24) is 9.78 Å². The summed E-state index contributed by atoms with van der Waals surface area (Å²) in [6.07, 6.45) is 3.97. The Morgan fingerprint density at radius 2 is 1.65 bits per heavy atom. The van der Waals surface area contributed by atoms with Gasteiger partial charge in [-0.05, 0) is 58.0 Å². The number of benzene rings is 2.